The number of amides is 1. The van der Waals surface area contributed by atoms with Crippen LogP contribution in [0, 0.1) is 0 Å². The lowest BCUT2D eigenvalue weighted by Gasteiger charge is -2.07. The highest BCUT2D eigenvalue weighted by Gasteiger charge is 2.15. The van der Waals surface area contributed by atoms with Crippen LogP contribution < -0.4 is 10.1 Å². The zero-order valence-corrected chi connectivity index (χ0v) is 19.9. The van der Waals surface area contributed by atoms with Gasteiger partial charge in [0.05, 0.1) is 11.4 Å². The van der Waals surface area contributed by atoms with Gasteiger partial charge in [0.15, 0.2) is 0 Å². The fraction of sp³-hybridized carbons (Fsp3) is 0.214. The van der Waals surface area contributed by atoms with E-state index in [1.165, 1.54) is 13.5 Å². The van der Waals surface area contributed by atoms with Gasteiger partial charge in [-0.05, 0) is 24.3 Å². The maximum absolute atomic E-state index is 11.1. The molecule has 0 saturated heterocycles. The first-order valence-electron chi connectivity index (χ1n) is 11.4. The van der Waals surface area contributed by atoms with Crippen molar-refractivity contribution < 1.29 is 14.3 Å². The Morgan fingerprint density at radius 3 is 2.00 bits per heavy atom. The van der Waals surface area contributed by atoms with Gasteiger partial charge in [0.25, 0.3) is 0 Å². The predicted octanol–water partition coefficient (Wildman–Crippen LogP) is 6.56. The molecule has 6 heteroatoms. The minimum absolute atomic E-state index is 0.181. The number of rotatable bonds is 7. The number of imidazole rings is 1. The van der Waals surface area contributed by atoms with Gasteiger partial charge in [-0.15, -0.1) is 0 Å². The van der Waals surface area contributed by atoms with E-state index in [1.54, 1.807) is 0 Å². The van der Waals surface area contributed by atoms with Crippen LogP contribution in [0.1, 0.15) is 20.3 Å². The number of carbonyl (C=O) groups excluding carboxylic acids is 1. The van der Waals surface area contributed by atoms with Crippen molar-refractivity contribution in [1.82, 2.24) is 15.3 Å². The van der Waals surface area contributed by atoms with Gasteiger partial charge in [0.1, 0.15) is 24.8 Å². The monoisotopic (exact) mass is 457 g/mol. The second-order valence-electron chi connectivity index (χ2n) is 7.51. The molecule has 34 heavy (non-hydrogen) atoms. The van der Waals surface area contributed by atoms with E-state index in [9.17, 15) is 4.79 Å². The van der Waals surface area contributed by atoms with Crippen molar-refractivity contribution in [1.29, 1.82) is 0 Å². The van der Waals surface area contributed by atoms with Crippen LogP contribution in [0.25, 0.3) is 33.9 Å². The summed E-state index contributed by atoms with van der Waals surface area (Å²) in [6.45, 7) is 4.71. The molecular formula is C28H31N3O3. The summed E-state index contributed by atoms with van der Waals surface area (Å²) in [6, 6.07) is 28.0. The molecule has 0 fully saturated rings. The molecule has 0 aliphatic heterocycles. The van der Waals surface area contributed by atoms with Crippen molar-refractivity contribution in [3.63, 3.8) is 0 Å². The first-order chi connectivity index (χ1) is 16.7. The van der Waals surface area contributed by atoms with E-state index < -0.39 is 6.09 Å². The molecule has 2 N–H and O–H groups in total. The third kappa shape index (κ3) is 6.72. The number of hydrogen-bond acceptors (Lipinski definition) is 4. The zero-order valence-electron chi connectivity index (χ0n) is 19.9. The quantitative estimate of drug-likeness (QED) is 0.308. The average Bonchev–Trinajstić information content (AvgIpc) is 3.34. The largest absolute Gasteiger partial charge is 0.490 e. The molecule has 4 aromatic rings. The lowest BCUT2D eigenvalue weighted by Crippen LogP contribution is -2.21. The first-order valence-corrected chi connectivity index (χ1v) is 11.4. The Kier molecular flexibility index (Phi) is 9.29. The van der Waals surface area contributed by atoms with Crippen LogP contribution in [0.15, 0.2) is 84.9 Å². The maximum Gasteiger partial charge on any atom is 0.406 e. The van der Waals surface area contributed by atoms with Crippen LogP contribution in [0.5, 0.6) is 5.75 Å². The van der Waals surface area contributed by atoms with Crippen molar-refractivity contribution in [3.05, 3.63) is 84.9 Å². The number of benzene rings is 3. The van der Waals surface area contributed by atoms with Crippen molar-refractivity contribution >= 4 is 6.09 Å². The lowest BCUT2D eigenvalue weighted by atomic mass is 10.1. The normalized spacial score (nSPS) is 10.1. The highest BCUT2D eigenvalue weighted by molar-refractivity contribution is 5.81. The van der Waals surface area contributed by atoms with Crippen LogP contribution in [0.2, 0.25) is 0 Å². The topological polar surface area (TPSA) is 76.2 Å². The van der Waals surface area contributed by atoms with Crippen molar-refractivity contribution in [2.24, 2.45) is 0 Å². The summed E-state index contributed by atoms with van der Waals surface area (Å²) < 4.78 is 10.5. The number of hydrogen-bond donors (Lipinski definition) is 2. The molecule has 0 atom stereocenters. The molecule has 1 amide bonds. The van der Waals surface area contributed by atoms with Gasteiger partial charge in [-0.1, -0.05) is 80.9 Å². The number of ether oxygens (including phenoxy) is 2. The Balaban J connectivity index is 0.00000103. The number of nitrogens with one attached hydrogen (secondary N) is 2. The Labute approximate surface area is 201 Å². The van der Waals surface area contributed by atoms with Gasteiger partial charge in [-0.3, -0.25) is 0 Å². The standard InChI is InChI=1S/C25H23N3O3.C3H8/c1-26-25(29)31-17-16-30-21-14-12-20(13-15-21)24-27-22(18-8-4-2-5-9-18)23(28-24)19-10-6-3-7-11-19;1-3-2/h2-15H,16-17H2,1H3,(H,26,29)(H,27,28);3H2,1-2H3. The highest BCUT2D eigenvalue weighted by atomic mass is 16.6. The Morgan fingerprint density at radius 1 is 0.824 bits per heavy atom. The summed E-state index contributed by atoms with van der Waals surface area (Å²) in [7, 11) is 1.52. The molecule has 1 aromatic heterocycles. The van der Waals surface area contributed by atoms with E-state index in [1.807, 2.05) is 60.7 Å². The third-order valence-electron chi connectivity index (χ3n) is 4.73. The van der Waals surface area contributed by atoms with Gasteiger partial charge in [0.2, 0.25) is 0 Å². The number of aromatic nitrogens is 2. The van der Waals surface area contributed by atoms with Crippen LogP contribution in [-0.4, -0.2) is 36.3 Å². The highest BCUT2D eigenvalue weighted by Crippen LogP contribution is 2.33. The molecule has 176 valence electrons. The van der Waals surface area contributed by atoms with Crippen molar-refractivity contribution in [2.75, 3.05) is 20.3 Å². The molecule has 0 radical (unpaired) electrons. The summed E-state index contributed by atoms with van der Waals surface area (Å²) in [5, 5.41) is 2.39. The van der Waals surface area contributed by atoms with E-state index in [0.29, 0.717) is 5.75 Å². The average molecular weight is 458 g/mol. The third-order valence-corrected chi connectivity index (χ3v) is 4.73. The fourth-order valence-electron chi connectivity index (χ4n) is 3.20. The fourth-order valence-corrected chi connectivity index (χ4v) is 3.20. The van der Waals surface area contributed by atoms with Crippen LogP contribution >= 0.6 is 0 Å². The summed E-state index contributed by atoms with van der Waals surface area (Å²) in [4.78, 5) is 19.4. The van der Waals surface area contributed by atoms with Crippen molar-refractivity contribution in [2.45, 2.75) is 20.3 Å². The number of carbonyl (C=O) groups is 1. The van der Waals surface area contributed by atoms with Crippen LogP contribution in [0.3, 0.4) is 0 Å². The lowest BCUT2D eigenvalue weighted by molar-refractivity contribution is 0.127. The number of alkyl carbamates (subject to hydrolysis) is 1. The maximum atomic E-state index is 11.1. The molecule has 0 unspecified atom stereocenters. The molecule has 1 heterocycles. The molecule has 4 rings (SSSR count). The number of aromatic amines is 1. The summed E-state index contributed by atoms with van der Waals surface area (Å²) in [6.07, 6.45) is 0.778. The first kappa shape index (κ1) is 24.6. The smallest absolute Gasteiger partial charge is 0.406 e. The number of H-pyrrole nitrogens is 1. The minimum Gasteiger partial charge on any atom is -0.490 e. The molecule has 0 spiro atoms. The molecule has 3 aromatic carbocycles. The van der Waals surface area contributed by atoms with E-state index in [2.05, 4.69) is 48.4 Å². The van der Waals surface area contributed by atoms with E-state index in [0.717, 1.165) is 33.9 Å². The Bertz CT molecular complexity index is 1080. The van der Waals surface area contributed by atoms with E-state index >= 15 is 0 Å². The second-order valence-corrected chi connectivity index (χ2v) is 7.51. The molecule has 0 saturated carbocycles. The molecular weight excluding hydrogens is 426 g/mol. The summed E-state index contributed by atoms with van der Waals surface area (Å²) in [5.41, 5.74) is 4.98. The summed E-state index contributed by atoms with van der Waals surface area (Å²) >= 11 is 0. The van der Waals surface area contributed by atoms with Crippen molar-refractivity contribution in [3.8, 4) is 39.7 Å². The molecule has 0 aliphatic rings. The van der Waals surface area contributed by atoms with Crippen LogP contribution in [0.4, 0.5) is 4.79 Å². The summed E-state index contributed by atoms with van der Waals surface area (Å²) in [5.74, 6) is 1.48. The Hall–Kier alpha value is -4.06. The second kappa shape index (κ2) is 12.8. The molecule has 0 bridgehead atoms. The van der Waals surface area contributed by atoms with Gasteiger partial charge in [-0.2, -0.15) is 0 Å². The molecule has 0 aliphatic carbocycles. The molecule has 6 nitrogen and oxygen atoms in total. The van der Waals surface area contributed by atoms with E-state index in [-0.39, 0.29) is 13.2 Å². The van der Waals surface area contributed by atoms with Gasteiger partial charge < -0.3 is 19.8 Å². The zero-order chi connectivity index (χ0) is 24.2. The Morgan fingerprint density at radius 2 is 1.41 bits per heavy atom. The van der Waals surface area contributed by atoms with E-state index in [4.69, 9.17) is 14.5 Å². The van der Waals surface area contributed by atoms with Gasteiger partial charge >= 0.3 is 6.09 Å². The SMILES string of the molecule is CCC.CNC(=O)OCCOc1ccc(-c2nc(-c3ccccc3)c(-c3ccccc3)[nH]2)cc1. The van der Waals surface area contributed by atoms with Gasteiger partial charge in [-0.25, -0.2) is 9.78 Å². The minimum atomic E-state index is -0.472. The van der Waals surface area contributed by atoms with Crippen LogP contribution in [-0.2, 0) is 4.74 Å². The van der Waals surface area contributed by atoms with Gasteiger partial charge in [0, 0.05) is 23.7 Å². The predicted molar refractivity (Wildman–Crippen MR) is 137 cm³/mol. The number of nitrogens with zero attached hydrogens (tertiary/aromatic N) is 1.